The monoisotopic (exact) mass is 289 g/mol. The van der Waals surface area contributed by atoms with E-state index in [0.29, 0.717) is 4.90 Å². The van der Waals surface area contributed by atoms with E-state index in [2.05, 4.69) is 0 Å². The lowest BCUT2D eigenvalue weighted by molar-refractivity contribution is -0.186. The Morgan fingerprint density at radius 2 is 1.56 bits per heavy atom. The van der Waals surface area contributed by atoms with Crippen LogP contribution in [0.15, 0.2) is 0 Å². The summed E-state index contributed by atoms with van der Waals surface area (Å²) in [6, 6.07) is 0. The summed E-state index contributed by atoms with van der Waals surface area (Å²) >= 11 is 0. The number of amides is 1. The Balaban J connectivity index is 2.65. The molecule has 0 atom stereocenters. The van der Waals surface area contributed by atoms with E-state index in [-0.39, 0.29) is 26.2 Å². The number of alkyl halides is 3. The highest BCUT2D eigenvalue weighted by atomic mass is 32.2. The molecule has 0 aromatic carbocycles. The molecule has 0 radical (unpaired) electrons. The number of hydrogen-bond acceptors (Lipinski definition) is 3. The average Bonchev–Trinajstić information content (AvgIpc) is 2.26. The van der Waals surface area contributed by atoms with Crippen molar-refractivity contribution in [3.05, 3.63) is 0 Å². The van der Waals surface area contributed by atoms with Crippen LogP contribution in [0.1, 0.15) is 0 Å². The maximum Gasteiger partial charge on any atom is 0.471 e. The Morgan fingerprint density at radius 3 is 1.89 bits per heavy atom. The van der Waals surface area contributed by atoms with Gasteiger partial charge in [-0.05, 0) is 0 Å². The number of nitrogens with zero attached hydrogens (tertiary/aromatic N) is 3. The summed E-state index contributed by atoms with van der Waals surface area (Å²) in [7, 11) is -0.965. The van der Waals surface area contributed by atoms with Crippen molar-refractivity contribution in [2.24, 2.45) is 0 Å². The van der Waals surface area contributed by atoms with Crippen molar-refractivity contribution >= 4 is 16.1 Å². The van der Waals surface area contributed by atoms with E-state index in [0.717, 1.165) is 8.61 Å². The molecule has 0 unspecified atom stereocenters. The van der Waals surface area contributed by atoms with E-state index in [1.54, 1.807) is 0 Å². The predicted molar refractivity (Wildman–Crippen MR) is 56.8 cm³/mol. The molecule has 0 N–H and O–H groups in total. The summed E-state index contributed by atoms with van der Waals surface area (Å²) in [5.41, 5.74) is 0. The van der Waals surface area contributed by atoms with Gasteiger partial charge >= 0.3 is 12.1 Å². The van der Waals surface area contributed by atoms with Gasteiger partial charge < -0.3 is 4.90 Å². The Kier molecular flexibility index (Phi) is 4.23. The molecule has 0 spiro atoms. The first-order valence-electron chi connectivity index (χ1n) is 5.10. The van der Waals surface area contributed by atoms with Crippen LogP contribution in [0.4, 0.5) is 13.2 Å². The third-order valence-electron chi connectivity index (χ3n) is 2.56. The molecule has 1 heterocycles. The largest absolute Gasteiger partial charge is 0.471 e. The third kappa shape index (κ3) is 3.12. The molecule has 106 valence electrons. The second kappa shape index (κ2) is 5.02. The minimum atomic E-state index is -4.91. The van der Waals surface area contributed by atoms with Crippen LogP contribution in [0.5, 0.6) is 0 Å². The normalized spacial score (nSPS) is 19.3. The highest BCUT2D eigenvalue weighted by Gasteiger charge is 2.44. The van der Waals surface area contributed by atoms with Crippen molar-refractivity contribution in [1.29, 1.82) is 0 Å². The van der Waals surface area contributed by atoms with Crippen molar-refractivity contribution in [3.8, 4) is 0 Å². The molecular weight excluding hydrogens is 275 g/mol. The van der Waals surface area contributed by atoms with Gasteiger partial charge in [-0.15, -0.1) is 0 Å². The van der Waals surface area contributed by atoms with Crippen LogP contribution in [0.25, 0.3) is 0 Å². The van der Waals surface area contributed by atoms with E-state index in [9.17, 15) is 26.4 Å². The number of carbonyl (C=O) groups is 1. The summed E-state index contributed by atoms with van der Waals surface area (Å²) in [4.78, 5) is 11.5. The fraction of sp³-hybridized carbons (Fsp3) is 0.875. The molecule has 0 bridgehead atoms. The Bertz CT molecular complexity index is 413. The lowest BCUT2D eigenvalue weighted by Crippen LogP contribution is -2.55. The zero-order chi connectivity index (χ0) is 14.1. The average molecular weight is 289 g/mol. The van der Waals surface area contributed by atoms with Crippen molar-refractivity contribution in [2.75, 3.05) is 40.3 Å². The quantitative estimate of drug-likeness (QED) is 0.688. The van der Waals surface area contributed by atoms with Gasteiger partial charge in [-0.1, -0.05) is 0 Å². The zero-order valence-corrected chi connectivity index (χ0v) is 10.8. The summed E-state index contributed by atoms with van der Waals surface area (Å²) in [6.07, 6.45) is -4.91. The maximum atomic E-state index is 12.2. The molecule has 1 amide bonds. The molecule has 1 aliphatic heterocycles. The zero-order valence-electron chi connectivity index (χ0n) is 9.94. The minimum absolute atomic E-state index is 0.137. The molecule has 0 aromatic rings. The van der Waals surface area contributed by atoms with Crippen LogP contribution in [0.2, 0.25) is 0 Å². The molecule has 0 saturated carbocycles. The highest BCUT2D eigenvalue weighted by Crippen LogP contribution is 2.20. The molecule has 6 nitrogen and oxygen atoms in total. The van der Waals surface area contributed by atoms with Crippen molar-refractivity contribution in [2.45, 2.75) is 6.18 Å². The fourth-order valence-corrected chi connectivity index (χ4v) is 2.62. The molecule has 1 saturated heterocycles. The van der Waals surface area contributed by atoms with Gasteiger partial charge in [0.25, 0.3) is 10.2 Å². The smallest absolute Gasteiger partial charge is 0.332 e. The Labute approximate surface area is 103 Å². The van der Waals surface area contributed by atoms with E-state index in [4.69, 9.17) is 0 Å². The van der Waals surface area contributed by atoms with Gasteiger partial charge in [0.2, 0.25) is 0 Å². The summed E-state index contributed by atoms with van der Waals surface area (Å²) in [5, 5.41) is 0. The van der Waals surface area contributed by atoms with E-state index < -0.39 is 22.3 Å². The van der Waals surface area contributed by atoms with Crippen molar-refractivity contribution in [3.63, 3.8) is 0 Å². The summed E-state index contributed by atoms with van der Waals surface area (Å²) in [6.45, 7) is -0.790. The number of hydrogen-bond donors (Lipinski definition) is 0. The highest BCUT2D eigenvalue weighted by molar-refractivity contribution is 7.86. The molecule has 10 heteroatoms. The molecular formula is C8H14F3N3O3S. The van der Waals surface area contributed by atoms with Gasteiger partial charge in [0.05, 0.1) is 0 Å². The maximum absolute atomic E-state index is 12.2. The first-order chi connectivity index (χ1) is 8.06. The SMILES string of the molecule is CN(C)S(=O)(=O)N1CCN(C(=O)C(F)(F)F)CC1. The van der Waals surface area contributed by atoms with Crippen LogP contribution in [-0.2, 0) is 15.0 Å². The number of halogens is 3. The molecule has 18 heavy (non-hydrogen) atoms. The standard InChI is InChI=1S/C8H14F3N3O3S/c1-12(2)18(16,17)14-5-3-13(4-6-14)7(15)8(9,10)11/h3-6H2,1-2H3. The topological polar surface area (TPSA) is 60.9 Å². The second-order valence-electron chi connectivity index (χ2n) is 3.98. The van der Waals surface area contributed by atoms with E-state index in [1.807, 2.05) is 0 Å². The number of piperazine rings is 1. The predicted octanol–water partition coefficient (Wildman–Crippen LogP) is -0.501. The van der Waals surface area contributed by atoms with Crippen LogP contribution in [0, 0.1) is 0 Å². The van der Waals surface area contributed by atoms with Crippen LogP contribution >= 0.6 is 0 Å². The van der Waals surface area contributed by atoms with Crippen LogP contribution in [0.3, 0.4) is 0 Å². The number of carbonyl (C=O) groups excluding carboxylic acids is 1. The van der Waals surface area contributed by atoms with Gasteiger partial charge in [0.1, 0.15) is 0 Å². The molecule has 1 aliphatic rings. The van der Waals surface area contributed by atoms with Gasteiger partial charge in [-0.25, -0.2) is 0 Å². The first kappa shape index (κ1) is 15.2. The van der Waals surface area contributed by atoms with Crippen LogP contribution in [-0.4, -0.2) is 74.3 Å². The molecule has 1 fully saturated rings. The lowest BCUT2D eigenvalue weighted by atomic mass is 10.3. The second-order valence-corrected chi connectivity index (χ2v) is 6.12. The van der Waals surface area contributed by atoms with Gasteiger partial charge in [-0.2, -0.15) is 30.2 Å². The van der Waals surface area contributed by atoms with Crippen molar-refractivity contribution < 1.29 is 26.4 Å². The van der Waals surface area contributed by atoms with E-state index in [1.165, 1.54) is 14.1 Å². The molecule has 1 rings (SSSR count). The van der Waals surface area contributed by atoms with Gasteiger partial charge in [0.15, 0.2) is 0 Å². The third-order valence-corrected chi connectivity index (χ3v) is 4.50. The minimum Gasteiger partial charge on any atom is -0.332 e. The van der Waals surface area contributed by atoms with Gasteiger partial charge in [-0.3, -0.25) is 4.79 Å². The summed E-state index contributed by atoms with van der Waals surface area (Å²) in [5.74, 6) is -1.93. The Morgan fingerprint density at radius 1 is 1.11 bits per heavy atom. The van der Waals surface area contributed by atoms with Crippen LogP contribution < -0.4 is 0 Å². The summed E-state index contributed by atoms with van der Waals surface area (Å²) < 4.78 is 61.9. The van der Waals surface area contributed by atoms with Crippen molar-refractivity contribution in [1.82, 2.24) is 13.5 Å². The number of rotatable bonds is 2. The molecule has 0 aliphatic carbocycles. The van der Waals surface area contributed by atoms with Gasteiger partial charge in [0, 0.05) is 40.3 Å². The fourth-order valence-electron chi connectivity index (χ4n) is 1.53. The lowest BCUT2D eigenvalue weighted by Gasteiger charge is -2.35. The van der Waals surface area contributed by atoms with E-state index >= 15 is 0 Å². The molecule has 0 aromatic heterocycles. The first-order valence-corrected chi connectivity index (χ1v) is 6.50. The Hall–Kier alpha value is -0.870.